The Bertz CT molecular complexity index is 281. The Kier molecular flexibility index (Phi) is 1.83. The summed E-state index contributed by atoms with van der Waals surface area (Å²) in [5, 5.41) is 0. The van der Waals surface area contributed by atoms with Gasteiger partial charge in [-0.2, -0.15) is 0 Å². The Balaban J connectivity index is 2.21. The Morgan fingerprint density at radius 2 is 2.38 bits per heavy atom. The largest absolute Gasteiger partial charge is 0.468 e. The van der Waals surface area contributed by atoms with Crippen molar-refractivity contribution in [2.45, 2.75) is 12.5 Å². The molecule has 1 saturated heterocycles. The molecule has 0 aromatic carbocycles. The number of hydrogen-bond acceptors (Lipinski definition) is 4. The molecule has 1 fully saturated rings. The van der Waals surface area contributed by atoms with Gasteiger partial charge in [0.1, 0.15) is 6.10 Å². The third-order valence-electron chi connectivity index (χ3n) is 2.48. The molecule has 4 nitrogen and oxygen atoms in total. The minimum atomic E-state index is -0.750. The van der Waals surface area contributed by atoms with E-state index < -0.39 is 17.9 Å². The number of esters is 2. The van der Waals surface area contributed by atoms with Gasteiger partial charge >= 0.3 is 11.9 Å². The van der Waals surface area contributed by atoms with E-state index >= 15 is 0 Å². The maximum Gasteiger partial charge on any atom is 0.321 e. The van der Waals surface area contributed by atoms with Gasteiger partial charge in [0, 0.05) is 5.92 Å². The molecule has 1 aliphatic carbocycles. The second-order valence-electron chi connectivity index (χ2n) is 3.26. The zero-order valence-corrected chi connectivity index (χ0v) is 7.23. The first-order valence-electron chi connectivity index (χ1n) is 4.19. The monoisotopic (exact) mass is 182 g/mol. The van der Waals surface area contributed by atoms with Crippen LogP contribution in [0.1, 0.15) is 6.42 Å². The molecule has 0 amide bonds. The summed E-state index contributed by atoms with van der Waals surface area (Å²) in [5.41, 5.74) is 0. The molecule has 13 heavy (non-hydrogen) atoms. The number of allylic oxidation sites excluding steroid dienone is 1. The Morgan fingerprint density at radius 3 is 3.08 bits per heavy atom. The third kappa shape index (κ3) is 1.22. The van der Waals surface area contributed by atoms with Crippen molar-refractivity contribution in [3.05, 3.63) is 12.2 Å². The lowest BCUT2D eigenvalue weighted by molar-refractivity contribution is -0.169. The molecule has 0 aromatic rings. The molecule has 0 saturated carbocycles. The molecule has 0 radical (unpaired) electrons. The van der Waals surface area contributed by atoms with Gasteiger partial charge in [0.25, 0.3) is 0 Å². The molecule has 2 aliphatic rings. The van der Waals surface area contributed by atoms with Crippen LogP contribution in [0.25, 0.3) is 0 Å². The van der Waals surface area contributed by atoms with Gasteiger partial charge in [0.15, 0.2) is 5.92 Å². The van der Waals surface area contributed by atoms with Crippen LogP contribution in [0.5, 0.6) is 0 Å². The SMILES string of the molecule is COC(=O)C1C(=O)O[C@@H]2C=C[C@H]1C2. The van der Waals surface area contributed by atoms with E-state index in [4.69, 9.17) is 4.74 Å². The standard InChI is InChI=1S/C9H10O4/c1-12-8(10)7-5-2-3-6(4-5)13-9(7)11/h2-3,5-7H,4H2,1H3/t5-,6+,7?/m0/s1. The number of rotatable bonds is 1. The highest BCUT2D eigenvalue weighted by atomic mass is 16.6. The van der Waals surface area contributed by atoms with E-state index in [0.717, 1.165) is 0 Å². The Labute approximate surface area is 75.5 Å². The lowest BCUT2D eigenvalue weighted by Gasteiger charge is -2.25. The summed E-state index contributed by atoms with van der Waals surface area (Å²) in [7, 11) is 1.28. The maximum absolute atomic E-state index is 11.3. The fraction of sp³-hybridized carbons (Fsp3) is 0.556. The smallest absolute Gasteiger partial charge is 0.321 e. The van der Waals surface area contributed by atoms with E-state index in [-0.39, 0.29) is 12.0 Å². The second kappa shape index (κ2) is 2.87. The van der Waals surface area contributed by atoms with E-state index in [0.29, 0.717) is 6.42 Å². The van der Waals surface area contributed by atoms with Crippen molar-refractivity contribution in [1.82, 2.24) is 0 Å². The molecule has 3 atom stereocenters. The van der Waals surface area contributed by atoms with Crippen LogP contribution in [0.3, 0.4) is 0 Å². The van der Waals surface area contributed by atoms with Gasteiger partial charge in [-0.25, -0.2) is 0 Å². The van der Waals surface area contributed by atoms with Crippen molar-refractivity contribution < 1.29 is 19.1 Å². The predicted octanol–water partition coefficient (Wildman–Crippen LogP) is 0.277. The number of methoxy groups -OCH3 is 1. The Hall–Kier alpha value is -1.32. The highest BCUT2D eigenvalue weighted by Gasteiger charge is 2.44. The van der Waals surface area contributed by atoms with Crippen molar-refractivity contribution in [2.75, 3.05) is 7.11 Å². The van der Waals surface area contributed by atoms with Crippen LogP contribution < -0.4 is 0 Å². The summed E-state index contributed by atoms with van der Waals surface area (Å²) in [6.07, 6.45) is 4.27. The predicted molar refractivity (Wildman–Crippen MR) is 42.6 cm³/mol. The topological polar surface area (TPSA) is 52.6 Å². The average Bonchev–Trinajstić information content (AvgIpc) is 2.48. The van der Waals surface area contributed by atoms with E-state index in [2.05, 4.69) is 4.74 Å². The molecule has 1 aliphatic heterocycles. The van der Waals surface area contributed by atoms with Gasteiger partial charge in [-0.15, -0.1) is 0 Å². The van der Waals surface area contributed by atoms with Gasteiger partial charge in [-0.1, -0.05) is 6.08 Å². The van der Waals surface area contributed by atoms with Crippen LogP contribution in [0.15, 0.2) is 12.2 Å². The number of hydrogen-bond donors (Lipinski definition) is 0. The van der Waals surface area contributed by atoms with Gasteiger partial charge < -0.3 is 9.47 Å². The van der Waals surface area contributed by atoms with Crippen LogP contribution in [-0.4, -0.2) is 25.2 Å². The average molecular weight is 182 g/mol. The molecule has 2 rings (SSSR count). The zero-order valence-electron chi connectivity index (χ0n) is 7.23. The normalized spacial score (nSPS) is 35.8. The van der Waals surface area contributed by atoms with Gasteiger partial charge in [0.2, 0.25) is 0 Å². The van der Waals surface area contributed by atoms with Gasteiger partial charge in [-0.05, 0) is 12.5 Å². The fourth-order valence-corrected chi connectivity index (χ4v) is 1.82. The second-order valence-corrected chi connectivity index (χ2v) is 3.26. The van der Waals surface area contributed by atoms with Gasteiger partial charge in [-0.3, -0.25) is 9.59 Å². The third-order valence-corrected chi connectivity index (χ3v) is 2.48. The van der Waals surface area contributed by atoms with Crippen molar-refractivity contribution >= 4 is 11.9 Å². The van der Waals surface area contributed by atoms with E-state index in [1.165, 1.54) is 7.11 Å². The van der Waals surface area contributed by atoms with Gasteiger partial charge in [0.05, 0.1) is 7.11 Å². The zero-order chi connectivity index (χ0) is 9.42. The number of ether oxygens (including phenoxy) is 2. The summed E-state index contributed by atoms with van der Waals surface area (Å²) in [4.78, 5) is 22.5. The quantitative estimate of drug-likeness (QED) is 0.332. The van der Waals surface area contributed by atoms with E-state index in [1.54, 1.807) is 0 Å². The molecular formula is C9H10O4. The van der Waals surface area contributed by atoms with Crippen molar-refractivity contribution in [1.29, 1.82) is 0 Å². The highest BCUT2D eigenvalue weighted by Crippen LogP contribution is 2.34. The summed E-state index contributed by atoms with van der Waals surface area (Å²) in [6.45, 7) is 0. The van der Waals surface area contributed by atoms with Crippen molar-refractivity contribution in [3.8, 4) is 0 Å². The van der Waals surface area contributed by atoms with Crippen LogP contribution in [0, 0.1) is 11.8 Å². The van der Waals surface area contributed by atoms with Crippen LogP contribution in [0.4, 0.5) is 0 Å². The molecule has 70 valence electrons. The fourth-order valence-electron chi connectivity index (χ4n) is 1.82. The van der Waals surface area contributed by atoms with Crippen molar-refractivity contribution in [2.24, 2.45) is 11.8 Å². The van der Waals surface area contributed by atoms with E-state index in [1.807, 2.05) is 12.2 Å². The van der Waals surface area contributed by atoms with Crippen LogP contribution >= 0.6 is 0 Å². The minimum Gasteiger partial charge on any atom is -0.468 e. The van der Waals surface area contributed by atoms with Crippen molar-refractivity contribution in [3.63, 3.8) is 0 Å². The summed E-state index contributed by atoms with van der Waals surface area (Å²) < 4.78 is 9.52. The number of fused-ring (bicyclic) bond motifs is 2. The maximum atomic E-state index is 11.3. The van der Waals surface area contributed by atoms with E-state index in [9.17, 15) is 9.59 Å². The molecule has 1 heterocycles. The first-order valence-corrected chi connectivity index (χ1v) is 4.19. The van der Waals surface area contributed by atoms with Crippen LogP contribution in [-0.2, 0) is 19.1 Å². The molecule has 1 unspecified atom stereocenters. The lowest BCUT2D eigenvalue weighted by atomic mass is 9.90. The summed E-state index contributed by atoms with van der Waals surface area (Å²) in [6, 6.07) is 0. The number of carbonyl (C=O) groups is 2. The summed E-state index contributed by atoms with van der Waals surface area (Å²) >= 11 is 0. The highest BCUT2D eigenvalue weighted by molar-refractivity contribution is 5.96. The minimum absolute atomic E-state index is 0.0290. The van der Waals surface area contributed by atoms with Crippen LogP contribution in [0.2, 0.25) is 0 Å². The molecular weight excluding hydrogens is 172 g/mol. The summed E-state index contributed by atoms with van der Waals surface area (Å²) in [5.74, 6) is -1.74. The first-order chi connectivity index (χ1) is 6.22. The number of carbonyl (C=O) groups excluding carboxylic acids is 2. The molecule has 2 bridgehead atoms. The Morgan fingerprint density at radius 1 is 1.62 bits per heavy atom. The first kappa shape index (κ1) is 8.29. The lowest BCUT2D eigenvalue weighted by Crippen LogP contribution is -2.38. The molecule has 0 aromatic heterocycles. The molecule has 0 N–H and O–H groups in total. The molecule has 0 spiro atoms. The molecule has 4 heteroatoms.